The molecule has 0 saturated carbocycles. The highest BCUT2D eigenvalue weighted by Gasteiger charge is 2.21. The fourth-order valence-electron chi connectivity index (χ4n) is 3.59. The Kier molecular flexibility index (Phi) is 6.68. The molecule has 0 aliphatic carbocycles. The molecule has 0 amide bonds. The van der Waals surface area contributed by atoms with E-state index in [0.717, 1.165) is 0 Å². The second-order valence-electron chi connectivity index (χ2n) is 8.77. The van der Waals surface area contributed by atoms with Crippen LogP contribution < -0.4 is 10.3 Å². The Morgan fingerprint density at radius 3 is 2.39 bits per heavy atom. The van der Waals surface area contributed by atoms with E-state index in [1.54, 1.807) is 52.2 Å². The first-order chi connectivity index (χ1) is 16.9. The summed E-state index contributed by atoms with van der Waals surface area (Å²) in [5, 5.41) is 14.2. The van der Waals surface area contributed by atoms with Gasteiger partial charge in [-0.1, -0.05) is 11.6 Å². The zero-order valence-corrected chi connectivity index (χ0v) is 20.6. The monoisotopic (exact) mass is 518 g/mol. The quantitative estimate of drug-likeness (QED) is 0.392. The summed E-state index contributed by atoms with van der Waals surface area (Å²) in [6, 6.07) is 5.85. The fraction of sp³-hybridized carbons (Fsp3) is 0.240. The molecule has 0 aliphatic heterocycles. The van der Waals surface area contributed by atoms with E-state index in [9.17, 15) is 23.1 Å². The van der Waals surface area contributed by atoms with Crippen molar-refractivity contribution in [3.05, 3.63) is 98.1 Å². The first-order valence-electron chi connectivity index (χ1n) is 10.8. The van der Waals surface area contributed by atoms with Crippen molar-refractivity contribution in [1.29, 1.82) is 0 Å². The van der Waals surface area contributed by atoms with Crippen molar-refractivity contribution in [1.82, 2.24) is 19.3 Å². The van der Waals surface area contributed by atoms with E-state index in [1.807, 2.05) is 0 Å². The summed E-state index contributed by atoms with van der Waals surface area (Å²) in [5.41, 5.74) is -0.241. The van der Waals surface area contributed by atoms with Crippen LogP contribution in [0.25, 0.3) is 11.5 Å². The molecule has 1 N–H and O–H groups in total. The van der Waals surface area contributed by atoms with Crippen molar-refractivity contribution in [3.8, 4) is 17.3 Å². The van der Waals surface area contributed by atoms with Crippen LogP contribution in [-0.4, -0.2) is 24.4 Å². The highest BCUT2D eigenvalue weighted by Crippen LogP contribution is 2.27. The standard InChI is InChI=1S/C25H22ClF3N4O3/c1-13-11-30-22(32-6-5-21(31-32)25(3,4)35)10-19(13)33-14(2)7-20(23(26)24(33)34)36-12-16-17(28)8-15(27)9-18(16)29/h5-11,35H,12H2,1-4H3. The Labute approximate surface area is 209 Å². The lowest BCUT2D eigenvalue weighted by molar-refractivity contribution is 0.0734. The van der Waals surface area contributed by atoms with Crippen LogP contribution in [0.3, 0.4) is 0 Å². The number of aryl methyl sites for hydroxylation is 2. The second-order valence-corrected chi connectivity index (χ2v) is 9.15. The van der Waals surface area contributed by atoms with Crippen molar-refractivity contribution < 1.29 is 23.0 Å². The van der Waals surface area contributed by atoms with E-state index in [1.165, 1.54) is 15.3 Å². The molecule has 4 aromatic rings. The number of halogens is 4. The molecular formula is C25H22ClF3N4O3. The largest absolute Gasteiger partial charge is 0.487 e. The number of hydrogen-bond acceptors (Lipinski definition) is 5. The number of pyridine rings is 2. The zero-order chi connectivity index (χ0) is 26.4. The van der Waals surface area contributed by atoms with Crippen molar-refractivity contribution >= 4 is 11.6 Å². The van der Waals surface area contributed by atoms with E-state index in [4.69, 9.17) is 16.3 Å². The lowest BCUT2D eigenvalue weighted by atomic mass is 10.1. The minimum absolute atomic E-state index is 0.0765. The molecule has 11 heteroatoms. The zero-order valence-electron chi connectivity index (χ0n) is 19.8. The number of aromatic nitrogens is 4. The van der Waals surface area contributed by atoms with Crippen LogP contribution in [0, 0.1) is 31.3 Å². The molecular weight excluding hydrogens is 497 g/mol. The number of aliphatic hydroxyl groups is 1. The summed E-state index contributed by atoms with van der Waals surface area (Å²) in [7, 11) is 0. The maximum Gasteiger partial charge on any atom is 0.277 e. The number of ether oxygens (including phenoxy) is 1. The third kappa shape index (κ3) is 4.87. The number of rotatable bonds is 6. The van der Waals surface area contributed by atoms with Crippen LogP contribution in [0.15, 0.2) is 47.5 Å². The van der Waals surface area contributed by atoms with Gasteiger partial charge in [-0.2, -0.15) is 5.10 Å². The van der Waals surface area contributed by atoms with Gasteiger partial charge in [0.2, 0.25) is 0 Å². The van der Waals surface area contributed by atoms with E-state index < -0.39 is 40.8 Å². The van der Waals surface area contributed by atoms with Crippen molar-refractivity contribution in [2.24, 2.45) is 0 Å². The van der Waals surface area contributed by atoms with E-state index in [0.29, 0.717) is 40.6 Å². The molecule has 4 rings (SSSR count). The highest BCUT2D eigenvalue weighted by molar-refractivity contribution is 6.31. The minimum atomic E-state index is -1.14. The van der Waals surface area contributed by atoms with E-state index in [2.05, 4.69) is 10.1 Å². The predicted octanol–water partition coefficient (Wildman–Crippen LogP) is 4.91. The molecule has 3 aromatic heterocycles. The molecule has 0 saturated heterocycles. The van der Waals surface area contributed by atoms with E-state index in [-0.39, 0.29) is 10.8 Å². The summed E-state index contributed by atoms with van der Waals surface area (Å²) >= 11 is 6.29. The number of nitrogens with zero attached hydrogens (tertiary/aromatic N) is 4. The summed E-state index contributed by atoms with van der Waals surface area (Å²) in [5.74, 6) is -2.95. The molecule has 7 nitrogen and oxygen atoms in total. The van der Waals surface area contributed by atoms with Gasteiger partial charge in [-0.3, -0.25) is 9.36 Å². The van der Waals surface area contributed by atoms with Crippen LogP contribution in [0.1, 0.15) is 36.4 Å². The molecule has 0 bridgehead atoms. The maximum atomic E-state index is 14.0. The molecule has 188 valence electrons. The van der Waals surface area contributed by atoms with Crippen molar-refractivity contribution in [2.75, 3.05) is 0 Å². The van der Waals surface area contributed by atoms with Crippen LogP contribution in [0.2, 0.25) is 5.02 Å². The Morgan fingerprint density at radius 1 is 1.11 bits per heavy atom. The summed E-state index contributed by atoms with van der Waals surface area (Å²) in [4.78, 5) is 17.6. The number of hydrogen-bond donors (Lipinski definition) is 1. The molecule has 0 spiro atoms. The summed E-state index contributed by atoms with van der Waals surface area (Å²) in [6.07, 6.45) is 3.21. The normalized spacial score (nSPS) is 11.7. The van der Waals surface area contributed by atoms with Gasteiger partial charge in [-0.05, 0) is 39.3 Å². The topological polar surface area (TPSA) is 82.2 Å². The Morgan fingerprint density at radius 2 is 1.78 bits per heavy atom. The van der Waals surface area contributed by atoms with Gasteiger partial charge in [0.25, 0.3) is 5.56 Å². The summed E-state index contributed by atoms with van der Waals surface area (Å²) < 4.78 is 49.4. The molecule has 3 heterocycles. The molecule has 0 aliphatic rings. The van der Waals surface area contributed by atoms with E-state index >= 15 is 0 Å². The average Bonchev–Trinajstić information content (AvgIpc) is 3.28. The van der Waals surface area contributed by atoms with Gasteiger partial charge in [0.1, 0.15) is 40.4 Å². The lowest BCUT2D eigenvalue weighted by Crippen LogP contribution is -2.23. The third-order valence-corrected chi connectivity index (χ3v) is 5.88. The van der Waals surface area contributed by atoms with Crippen LogP contribution in [-0.2, 0) is 12.2 Å². The lowest BCUT2D eigenvalue weighted by Gasteiger charge is -2.17. The smallest absolute Gasteiger partial charge is 0.277 e. The molecule has 1 aromatic carbocycles. The van der Waals surface area contributed by atoms with Crippen LogP contribution in [0.4, 0.5) is 13.2 Å². The number of benzene rings is 1. The molecule has 0 unspecified atom stereocenters. The SMILES string of the molecule is Cc1cnc(-n2ccc(C(C)(C)O)n2)cc1-n1c(C)cc(OCc2c(F)cc(F)cc2F)c(Cl)c1=O. The summed E-state index contributed by atoms with van der Waals surface area (Å²) in [6.45, 7) is 6.04. The van der Waals surface area contributed by atoms with Gasteiger partial charge >= 0.3 is 0 Å². The van der Waals surface area contributed by atoms with Crippen LogP contribution >= 0.6 is 11.6 Å². The van der Waals surface area contributed by atoms with Gasteiger partial charge in [-0.25, -0.2) is 22.8 Å². The first-order valence-corrected chi connectivity index (χ1v) is 11.2. The molecule has 0 atom stereocenters. The van der Waals surface area contributed by atoms with Gasteiger partial charge in [0.15, 0.2) is 5.82 Å². The Hall–Kier alpha value is -3.63. The molecule has 0 radical (unpaired) electrons. The Bertz CT molecular complexity index is 1500. The van der Waals surface area contributed by atoms with Gasteiger partial charge in [-0.15, -0.1) is 0 Å². The predicted molar refractivity (Wildman–Crippen MR) is 127 cm³/mol. The minimum Gasteiger partial charge on any atom is -0.487 e. The van der Waals surface area contributed by atoms with Gasteiger partial charge in [0.05, 0.1) is 16.9 Å². The maximum absolute atomic E-state index is 14.0. The molecule has 36 heavy (non-hydrogen) atoms. The Balaban J connectivity index is 1.71. The average molecular weight is 519 g/mol. The van der Waals surface area contributed by atoms with Gasteiger partial charge in [0, 0.05) is 42.4 Å². The first kappa shape index (κ1) is 25.5. The molecule has 0 fully saturated rings. The third-order valence-electron chi connectivity index (χ3n) is 5.53. The van der Waals surface area contributed by atoms with Crippen molar-refractivity contribution in [3.63, 3.8) is 0 Å². The van der Waals surface area contributed by atoms with Gasteiger partial charge < -0.3 is 9.84 Å². The highest BCUT2D eigenvalue weighted by atomic mass is 35.5. The second kappa shape index (κ2) is 9.44. The van der Waals surface area contributed by atoms with Crippen LogP contribution in [0.5, 0.6) is 5.75 Å². The fourth-order valence-corrected chi connectivity index (χ4v) is 3.79. The van der Waals surface area contributed by atoms with Crippen molar-refractivity contribution in [2.45, 2.75) is 39.9 Å².